The van der Waals surface area contributed by atoms with Crippen molar-refractivity contribution in [1.82, 2.24) is 0 Å². The van der Waals surface area contributed by atoms with Crippen molar-refractivity contribution >= 4 is 5.78 Å². The van der Waals surface area contributed by atoms with E-state index in [4.69, 9.17) is 23.7 Å². The van der Waals surface area contributed by atoms with Crippen LogP contribution in [0.1, 0.15) is 17.3 Å². The maximum Gasteiger partial charge on any atom is 0.229 e. The molecule has 1 aromatic carbocycles. The van der Waals surface area contributed by atoms with Crippen LogP contribution in [0.2, 0.25) is 0 Å². The van der Waals surface area contributed by atoms with Gasteiger partial charge in [-0.05, 0) is 6.92 Å². The summed E-state index contributed by atoms with van der Waals surface area (Å²) < 4.78 is 27.0. The van der Waals surface area contributed by atoms with E-state index in [1.807, 2.05) is 0 Å². The van der Waals surface area contributed by atoms with E-state index < -0.39 is 80.1 Å². The van der Waals surface area contributed by atoms with Crippen molar-refractivity contribution in [2.45, 2.75) is 55.6 Å². The van der Waals surface area contributed by atoms with Gasteiger partial charge in [-0.1, -0.05) is 0 Å². The first-order valence-electron chi connectivity index (χ1n) is 10.1. The topological polar surface area (TPSA) is 205 Å². The van der Waals surface area contributed by atoms with Gasteiger partial charge in [-0.2, -0.15) is 0 Å². The standard InChI is InChI=1S/C20H28O13/c1-8(23)13-10(24)3-9(4-11(13)29-2)31-18-16(15(26)14(25)12(5-21)32-18)33-19-17(27)20(28,6-22)7-30-19/h3-4,12,14-19,21-22,24-28H,5-7H2,1-2H3. The summed E-state index contributed by atoms with van der Waals surface area (Å²) in [5, 5.41) is 70.2. The lowest BCUT2D eigenvalue weighted by molar-refractivity contribution is -0.318. The lowest BCUT2D eigenvalue weighted by Crippen LogP contribution is -2.62. The predicted octanol–water partition coefficient (Wildman–Crippen LogP) is -2.75. The highest BCUT2D eigenvalue weighted by atomic mass is 16.8. The number of ether oxygens (including phenoxy) is 5. The molecule has 0 amide bonds. The number of aliphatic hydroxyl groups excluding tert-OH is 5. The van der Waals surface area contributed by atoms with E-state index >= 15 is 0 Å². The van der Waals surface area contributed by atoms with Gasteiger partial charge in [0.2, 0.25) is 6.29 Å². The molecule has 33 heavy (non-hydrogen) atoms. The van der Waals surface area contributed by atoms with Gasteiger partial charge in [-0.25, -0.2) is 0 Å². The molecule has 13 nitrogen and oxygen atoms in total. The van der Waals surface area contributed by atoms with Crippen molar-refractivity contribution in [2.24, 2.45) is 0 Å². The average Bonchev–Trinajstić information content (AvgIpc) is 3.06. The van der Waals surface area contributed by atoms with Crippen LogP contribution in [0.3, 0.4) is 0 Å². The number of benzene rings is 1. The van der Waals surface area contributed by atoms with Crippen molar-refractivity contribution in [3.63, 3.8) is 0 Å². The SMILES string of the molecule is COc1cc(OC2OC(CO)C(O)C(O)C2OC2OCC(O)(CO)C2O)cc(O)c1C(C)=O. The summed E-state index contributed by atoms with van der Waals surface area (Å²) in [5.74, 6) is -0.999. The number of phenolic OH excluding ortho intramolecular Hbond substituents is 1. The van der Waals surface area contributed by atoms with Crippen LogP contribution in [0, 0.1) is 0 Å². The zero-order valence-corrected chi connectivity index (χ0v) is 17.9. The molecule has 0 spiro atoms. The number of hydrogen-bond donors (Lipinski definition) is 7. The Morgan fingerprint density at radius 2 is 1.88 bits per heavy atom. The largest absolute Gasteiger partial charge is 0.507 e. The smallest absolute Gasteiger partial charge is 0.229 e. The van der Waals surface area contributed by atoms with Gasteiger partial charge in [0.25, 0.3) is 0 Å². The summed E-state index contributed by atoms with van der Waals surface area (Å²) in [5.41, 5.74) is -2.09. The van der Waals surface area contributed by atoms with E-state index in [9.17, 15) is 40.5 Å². The summed E-state index contributed by atoms with van der Waals surface area (Å²) in [4.78, 5) is 11.8. The van der Waals surface area contributed by atoms with E-state index in [1.54, 1.807) is 0 Å². The fourth-order valence-electron chi connectivity index (χ4n) is 3.65. The Kier molecular flexibility index (Phi) is 7.78. The summed E-state index contributed by atoms with van der Waals surface area (Å²) in [6, 6.07) is 2.37. The van der Waals surface area contributed by atoms with Gasteiger partial charge >= 0.3 is 0 Å². The lowest BCUT2D eigenvalue weighted by atomic mass is 9.98. The maximum absolute atomic E-state index is 11.8. The van der Waals surface area contributed by atoms with Gasteiger partial charge < -0.3 is 59.4 Å². The maximum atomic E-state index is 11.8. The van der Waals surface area contributed by atoms with Crippen molar-refractivity contribution in [2.75, 3.05) is 26.9 Å². The minimum atomic E-state index is -2.00. The first-order chi connectivity index (χ1) is 15.6. The van der Waals surface area contributed by atoms with Crippen LogP contribution < -0.4 is 9.47 Å². The number of rotatable bonds is 8. The first-order valence-corrected chi connectivity index (χ1v) is 10.1. The first kappa shape index (κ1) is 25.6. The third kappa shape index (κ3) is 4.91. The van der Waals surface area contributed by atoms with E-state index in [1.165, 1.54) is 20.1 Å². The van der Waals surface area contributed by atoms with E-state index in [2.05, 4.69) is 0 Å². The van der Waals surface area contributed by atoms with Crippen LogP contribution in [0.5, 0.6) is 17.2 Å². The van der Waals surface area contributed by atoms with E-state index in [0.717, 1.165) is 6.07 Å². The Hall–Kier alpha value is -2.07. The molecule has 3 rings (SSSR count). The van der Waals surface area contributed by atoms with Crippen molar-refractivity contribution in [3.05, 3.63) is 17.7 Å². The molecule has 7 N–H and O–H groups in total. The normalized spacial score (nSPS) is 36.5. The minimum absolute atomic E-state index is 0.00683. The number of Topliss-reactive ketones (excluding diaryl/α,β-unsaturated/α-hetero) is 1. The van der Waals surface area contributed by atoms with Crippen LogP contribution in [0.4, 0.5) is 0 Å². The van der Waals surface area contributed by atoms with Crippen LogP contribution in [0.15, 0.2) is 12.1 Å². The van der Waals surface area contributed by atoms with E-state index in [0.29, 0.717) is 0 Å². The quantitative estimate of drug-likeness (QED) is 0.190. The molecule has 0 aliphatic carbocycles. The second-order valence-electron chi connectivity index (χ2n) is 7.89. The van der Waals surface area contributed by atoms with Gasteiger partial charge in [-0.15, -0.1) is 0 Å². The van der Waals surface area contributed by atoms with Gasteiger partial charge in [0.05, 0.1) is 26.9 Å². The number of methoxy groups -OCH3 is 1. The molecule has 0 radical (unpaired) electrons. The molecule has 2 fully saturated rings. The monoisotopic (exact) mass is 476 g/mol. The Morgan fingerprint density at radius 1 is 1.18 bits per heavy atom. The van der Waals surface area contributed by atoms with Gasteiger partial charge in [0.15, 0.2) is 18.2 Å². The molecular formula is C20H28O13. The second-order valence-corrected chi connectivity index (χ2v) is 7.89. The zero-order chi connectivity index (χ0) is 24.5. The third-order valence-electron chi connectivity index (χ3n) is 5.57. The third-order valence-corrected chi connectivity index (χ3v) is 5.57. The minimum Gasteiger partial charge on any atom is -0.507 e. The second kappa shape index (κ2) is 10.0. The van der Waals surface area contributed by atoms with Crippen LogP contribution in [0.25, 0.3) is 0 Å². The van der Waals surface area contributed by atoms with Gasteiger partial charge in [0.1, 0.15) is 52.8 Å². The Bertz CT molecular complexity index is 847. The number of carbonyl (C=O) groups is 1. The molecular weight excluding hydrogens is 448 g/mol. The summed E-state index contributed by atoms with van der Waals surface area (Å²) in [6.07, 6.45) is -10.9. The molecule has 0 bridgehead atoms. The van der Waals surface area contributed by atoms with Gasteiger partial charge in [-0.3, -0.25) is 4.79 Å². The summed E-state index contributed by atoms with van der Waals surface area (Å²) in [7, 11) is 1.27. The number of ketones is 1. The molecule has 8 atom stereocenters. The highest BCUT2D eigenvalue weighted by Gasteiger charge is 2.53. The number of hydrogen-bond acceptors (Lipinski definition) is 13. The summed E-state index contributed by atoms with van der Waals surface area (Å²) in [6.45, 7) is -0.746. The highest BCUT2D eigenvalue weighted by Crippen LogP contribution is 2.36. The van der Waals surface area contributed by atoms with Gasteiger partial charge in [0, 0.05) is 12.1 Å². The predicted molar refractivity (Wildman–Crippen MR) is 106 cm³/mol. The molecule has 0 saturated carbocycles. The molecule has 2 aliphatic heterocycles. The summed E-state index contributed by atoms with van der Waals surface area (Å²) >= 11 is 0. The Labute approximate surface area is 188 Å². The number of phenols is 1. The molecule has 2 aliphatic rings. The molecule has 0 aromatic heterocycles. The molecule has 8 unspecified atom stereocenters. The van der Waals surface area contributed by atoms with Crippen molar-refractivity contribution in [1.29, 1.82) is 0 Å². The molecule has 1 aromatic rings. The Balaban J connectivity index is 1.88. The van der Waals surface area contributed by atoms with Crippen molar-refractivity contribution < 1.29 is 64.2 Å². The zero-order valence-electron chi connectivity index (χ0n) is 17.9. The van der Waals surface area contributed by atoms with Crippen LogP contribution >= 0.6 is 0 Å². The molecule has 13 heteroatoms. The van der Waals surface area contributed by atoms with Crippen LogP contribution in [-0.4, -0.2) is 117 Å². The molecule has 2 heterocycles. The lowest BCUT2D eigenvalue weighted by Gasteiger charge is -2.42. The fourth-order valence-corrected chi connectivity index (χ4v) is 3.65. The van der Waals surface area contributed by atoms with Crippen LogP contribution in [-0.2, 0) is 14.2 Å². The average molecular weight is 476 g/mol. The van der Waals surface area contributed by atoms with Crippen molar-refractivity contribution in [3.8, 4) is 17.2 Å². The number of aromatic hydroxyl groups is 1. The van der Waals surface area contributed by atoms with E-state index in [-0.39, 0.29) is 17.1 Å². The number of aliphatic hydroxyl groups is 6. The number of carbonyl (C=O) groups excluding carboxylic acids is 1. The Morgan fingerprint density at radius 3 is 2.42 bits per heavy atom. The molecule has 186 valence electrons. The highest BCUT2D eigenvalue weighted by molar-refractivity contribution is 5.99. The fraction of sp³-hybridized carbons (Fsp3) is 0.650. The molecule has 2 saturated heterocycles.